The molecule has 1 aliphatic heterocycles. The molecule has 7 nitrogen and oxygen atoms in total. The normalized spacial score (nSPS) is 13.9. The lowest BCUT2D eigenvalue weighted by atomic mass is 10.1. The number of benzene rings is 3. The summed E-state index contributed by atoms with van der Waals surface area (Å²) in [5.74, 6) is -0.814. The molecule has 0 spiro atoms. The highest BCUT2D eigenvalue weighted by Crippen LogP contribution is 2.32. The van der Waals surface area contributed by atoms with Crippen molar-refractivity contribution < 1.29 is 32.9 Å². The van der Waals surface area contributed by atoms with Gasteiger partial charge in [-0.05, 0) is 61.0 Å². The molecule has 1 heterocycles. The number of methoxy groups -OCH3 is 1. The van der Waals surface area contributed by atoms with Gasteiger partial charge in [-0.3, -0.25) is 0 Å². The third-order valence-corrected chi connectivity index (χ3v) is 4.79. The lowest BCUT2D eigenvalue weighted by molar-refractivity contribution is -0.129. The van der Waals surface area contributed by atoms with E-state index in [-0.39, 0.29) is 22.9 Å². The van der Waals surface area contributed by atoms with Crippen molar-refractivity contribution in [1.82, 2.24) is 0 Å². The topological polar surface area (TPSA) is 83.4 Å². The summed E-state index contributed by atoms with van der Waals surface area (Å²) in [4.78, 5) is 29.1. The first-order valence-electron chi connectivity index (χ1n) is 10.4. The number of cyclic esters (lactones) is 1. The van der Waals surface area contributed by atoms with Crippen LogP contribution in [-0.4, -0.2) is 31.6 Å². The Morgan fingerprint density at radius 3 is 2.62 bits per heavy atom. The molecule has 0 N–H and O–H groups in total. The van der Waals surface area contributed by atoms with Gasteiger partial charge in [-0.25, -0.2) is 19.0 Å². The number of carbonyl (C=O) groups excluding carboxylic acids is 2. The van der Waals surface area contributed by atoms with Gasteiger partial charge in [0.15, 0.2) is 17.2 Å². The Morgan fingerprint density at radius 2 is 1.85 bits per heavy atom. The third kappa shape index (κ3) is 4.96. The van der Waals surface area contributed by atoms with Crippen molar-refractivity contribution in [2.75, 3.05) is 13.7 Å². The molecule has 0 aliphatic carbocycles. The molecular weight excluding hydrogens is 441 g/mol. The second-order valence-electron chi connectivity index (χ2n) is 7.08. The predicted molar refractivity (Wildman–Crippen MR) is 123 cm³/mol. The maximum atomic E-state index is 13.5. The van der Waals surface area contributed by atoms with Crippen LogP contribution in [0.3, 0.4) is 0 Å². The molecule has 0 saturated heterocycles. The minimum atomic E-state index is -0.663. The first kappa shape index (κ1) is 22.7. The van der Waals surface area contributed by atoms with E-state index in [0.717, 1.165) is 0 Å². The number of aliphatic imine (C=N–C) groups is 1. The molecule has 4 rings (SSSR count). The molecule has 0 unspecified atom stereocenters. The minimum Gasteiger partial charge on any atom is -0.496 e. The van der Waals surface area contributed by atoms with Crippen LogP contribution in [0.15, 0.2) is 77.4 Å². The largest absolute Gasteiger partial charge is 0.496 e. The molecule has 1 aliphatic rings. The Bertz CT molecular complexity index is 1310. The number of halogens is 1. The Balaban J connectivity index is 1.60. The molecule has 0 fully saturated rings. The van der Waals surface area contributed by atoms with Crippen molar-refractivity contribution in [3.05, 3.63) is 94.9 Å². The van der Waals surface area contributed by atoms with Crippen LogP contribution in [0.25, 0.3) is 6.08 Å². The summed E-state index contributed by atoms with van der Waals surface area (Å²) < 4.78 is 35.1. The van der Waals surface area contributed by atoms with Gasteiger partial charge in [0.1, 0.15) is 17.1 Å². The molecule has 0 atom stereocenters. The molecule has 0 amide bonds. The second kappa shape index (κ2) is 9.99. The van der Waals surface area contributed by atoms with Crippen LogP contribution < -0.4 is 14.2 Å². The van der Waals surface area contributed by atoms with E-state index in [9.17, 15) is 14.0 Å². The Labute approximate surface area is 195 Å². The van der Waals surface area contributed by atoms with Crippen LogP contribution >= 0.6 is 0 Å². The maximum absolute atomic E-state index is 13.5. The summed E-state index contributed by atoms with van der Waals surface area (Å²) in [6.45, 7) is 2.12. The van der Waals surface area contributed by atoms with Gasteiger partial charge in [0.05, 0.1) is 13.7 Å². The van der Waals surface area contributed by atoms with E-state index in [1.165, 1.54) is 31.4 Å². The zero-order valence-electron chi connectivity index (χ0n) is 18.4. The molecule has 0 radical (unpaired) electrons. The van der Waals surface area contributed by atoms with Crippen LogP contribution in [0.4, 0.5) is 4.39 Å². The van der Waals surface area contributed by atoms with Crippen LogP contribution in [0, 0.1) is 5.82 Å². The molecule has 172 valence electrons. The lowest BCUT2D eigenvalue weighted by Crippen LogP contribution is -2.11. The average Bonchev–Trinajstić information content (AvgIpc) is 3.21. The van der Waals surface area contributed by atoms with Crippen LogP contribution in [0.1, 0.15) is 28.4 Å². The van der Waals surface area contributed by atoms with Gasteiger partial charge in [0.2, 0.25) is 5.90 Å². The van der Waals surface area contributed by atoms with E-state index < -0.39 is 17.8 Å². The standard InChI is InChI=1S/C26H20FNO6/c1-3-32-23-14-16(11-12-22(23)33-25(29)19-9-4-5-10-21(19)31-2)13-20-26(30)34-24(28-20)17-7-6-8-18(27)15-17/h4-15H,3H2,1-2H3/b20-13+. The summed E-state index contributed by atoms with van der Waals surface area (Å²) >= 11 is 0. The summed E-state index contributed by atoms with van der Waals surface area (Å²) in [5.41, 5.74) is 1.23. The highest BCUT2D eigenvalue weighted by atomic mass is 19.1. The van der Waals surface area contributed by atoms with Gasteiger partial charge in [-0.1, -0.05) is 24.3 Å². The molecule has 3 aromatic carbocycles. The molecule has 3 aromatic rings. The van der Waals surface area contributed by atoms with Gasteiger partial charge in [0, 0.05) is 5.56 Å². The highest BCUT2D eigenvalue weighted by molar-refractivity contribution is 6.12. The summed E-state index contributed by atoms with van der Waals surface area (Å²) in [7, 11) is 1.47. The fourth-order valence-electron chi connectivity index (χ4n) is 3.25. The van der Waals surface area contributed by atoms with Crippen LogP contribution in [0.2, 0.25) is 0 Å². The van der Waals surface area contributed by atoms with Crippen LogP contribution in [0.5, 0.6) is 17.2 Å². The van der Waals surface area contributed by atoms with Gasteiger partial charge >= 0.3 is 11.9 Å². The predicted octanol–water partition coefficient (Wildman–Crippen LogP) is 4.80. The number of para-hydroxylation sites is 1. The SMILES string of the molecule is CCOc1cc(/C=C2/N=C(c3cccc(F)c3)OC2=O)ccc1OC(=O)c1ccccc1OC. The van der Waals surface area contributed by atoms with E-state index in [4.69, 9.17) is 18.9 Å². The van der Waals surface area contributed by atoms with Crippen molar-refractivity contribution in [2.45, 2.75) is 6.92 Å². The van der Waals surface area contributed by atoms with Crippen LogP contribution in [-0.2, 0) is 9.53 Å². The number of hydrogen-bond acceptors (Lipinski definition) is 7. The third-order valence-electron chi connectivity index (χ3n) is 4.79. The number of hydrogen-bond donors (Lipinski definition) is 0. The maximum Gasteiger partial charge on any atom is 0.363 e. The fraction of sp³-hybridized carbons (Fsp3) is 0.115. The zero-order valence-corrected chi connectivity index (χ0v) is 18.4. The number of ether oxygens (including phenoxy) is 4. The monoisotopic (exact) mass is 461 g/mol. The van der Waals surface area contributed by atoms with Crippen molar-refractivity contribution in [1.29, 1.82) is 0 Å². The average molecular weight is 461 g/mol. The quantitative estimate of drug-likeness (QED) is 0.286. The molecule has 0 bridgehead atoms. The van der Waals surface area contributed by atoms with E-state index in [1.807, 2.05) is 0 Å². The van der Waals surface area contributed by atoms with E-state index in [1.54, 1.807) is 55.5 Å². The Morgan fingerprint density at radius 1 is 1.03 bits per heavy atom. The molecule has 0 saturated carbocycles. The van der Waals surface area contributed by atoms with Crippen molar-refractivity contribution >= 4 is 23.9 Å². The van der Waals surface area contributed by atoms with E-state index >= 15 is 0 Å². The molecule has 34 heavy (non-hydrogen) atoms. The van der Waals surface area contributed by atoms with E-state index in [0.29, 0.717) is 29.2 Å². The van der Waals surface area contributed by atoms with Gasteiger partial charge in [-0.15, -0.1) is 0 Å². The number of rotatable bonds is 7. The summed E-state index contributed by atoms with van der Waals surface area (Å²) in [6, 6.07) is 17.1. The number of nitrogens with zero attached hydrogens (tertiary/aromatic N) is 1. The molecular formula is C26H20FNO6. The highest BCUT2D eigenvalue weighted by Gasteiger charge is 2.25. The minimum absolute atomic E-state index is 0.0168. The second-order valence-corrected chi connectivity index (χ2v) is 7.08. The Kier molecular flexibility index (Phi) is 6.68. The number of esters is 2. The van der Waals surface area contributed by atoms with Gasteiger partial charge < -0.3 is 18.9 Å². The van der Waals surface area contributed by atoms with Crippen molar-refractivity contribution in [2.24, 2.45) is 4.99 Å². The van der Waals surface area contributed by atoms with Crippen molar-refractivity contribution in [3.63, 3.8) is 0 Å². The lowest BCUT2D eigenvalue weighted by Gasteiger charge is -2.12. The zero-order chi connectivity index (χ0) is 24.1. The first-order valence-corrected chi connectivity index (χ1v) is 10.4. The van der Waals surface area contributed by atoms with Gasteiger partial charge in [0.25, 0.3) is 0 Å². The first-order chi connectivity index (χ1) is 16.5. The molecule has 8 heteroatoms. The molecule has 0 aromatic heterocycles. The van der Waals surface area contributed by atoms with E-state index in [2.05, 4.69) is 4.99 Å². The summed E-state index contributed by atoms with van der Waals surface area (Å²) in [6.07, 6.45) is 1.50. The van der Waals surface area contributed by atoms with Gasteiger partial charge in [-0.2, -0.15) is 0 Å². The smallest absolute Gasteiger partial charge is 0.363 e. The fourth-order valence-corrected chi connectivity index (χ4v) is 3.25. The Hall–Kier alpha value is -4.46. The summed E-state index contributed by atoms with van der Waals surface area (Å²) in [5, 5.41) is 0. The van der Waals surface area contributed by atoms with Crippen molar-refractivity contribution in [3.8, 4) is 17.2 Å². The number of carbonyl (C=O) groups is 2.